The van der Waals surface area contributed by atoms with Crippen molar-refractivity contribution in [3.8, 4) is 0 Å². The van der Waals surface area contributed by atoms with Gasteiger partial charge in [-0.15, -0.1) is 0 Å². The van der Waals surface area contributed by atoms with Crippen LogP contribution in [0.2, 0.25) is 0 Å². The molecule has 1 atom stereocenters. The molecule has 0 saturated heterocycles. The Bertz CT molecular complexity index is 223. The van der Waals surface area contributed by atoms with Crippen molar-refractivity contribution in [2.45, 2.75) is 13.0 Å². The number of aliphatic carboxylic acids is 3. The Labute approximate surface area is 101 Å². The number of rotatable bonds is 4. The van der Waals surface area contributed by atoms with Gasteiger partial charge in [0.2, 0.25) is 0 Å². The normalized spacial score (nSPS) is 12.4. The monoisotopic (exact) mass is 215 g/mol. The van der Waals surface area contributed by atoms with Crippen LogP contribution in [0, 0.1) is 5.41 Å². The van der Waals surface area contributed by atoms with Crippen LogP contribution in [-0.2, 0) is 14.4 Å². The Hall–Kier alpha value is -0.630. The molecule has 1 unspecified atom stereocenters. The molecule has 4 N–H and O–H groups in total. The van der Waals surface area contributed by atoms with E-state index in [1.54, 1.807) is 0 Å². The first kappa shape index (κ1) is 15.8. The zero-order chi connectivity index (χ0) is 10.8. The van der Waals surface area contributed by atoms with Crippen molar-refractivity contribution in [2.24, 2.45) is 5.41 Å². The van der Waals surface area contributed by atoms with E-state index in [9.17, 15) is 14.4 Å². The van der Waals surface area contributed by atoms with E-state index < -0.39 is 29.4 Å². The second-order valence-corrected chi connectivity index (χ2v) is 2.40. The molecular weight excluding hydrogens is 207 g/mol. The molecule has 0 aromatic heterocycles. The van der Waals surface area contributed by atoms with Gasteiger partial charge < -0.3 is 20.4 Å². The van der Waals surface area contributed by atoms with E-state index in [4.69, 9.17) is 20.4 Å². The van der Waals surface area contributed by atoms with Crippen LogP contribution in [0.1, 0.15) is 6.92 Å². The Morgan fingerprint density at radius 3 is 1.21 bits per heavy atom. The second kappa shape index (κ2) is 5.30. The van der Waals surface area contributed by atoms with Crippen molar-refractivity contribution in [3.63, 3.8) is 0 Å². The Balaban J connectivity index is 0. The zero-order valence-corrected chi connectivity index (χ0v) is 9.59. The smallest absolute Gasteiger partial charge is 0.335 e. The van der Waals surface area contributed by atoms with Crippen LogP contribution < -0.4 is 0 Å². The van der Waals surface area contributed by atoms with Gasteiger partial charge in [-0.05, 0) is 6.92 Å². The number of hydrogen-bond acceptors (Lipinski definition) is 4. The van der Waals surface area contributed by atoms with Crippen molar-refractivity contribution in [1.82, 2.24) is 0 Å². The fourth-order valence-electron chi connectivity index (χ4n) is 0.811. The average Bonchev–Trinajstić information content (AvgIpc) is 1.82. The molecule has 0 aromatic carbocycles. The SMILES string of the molecule is CC(O)C(C(=O)O)(C(=O)O)C(=O)O.[Na]. The van der Waals surface area contributed by atoms with E-state index >= 15 is 0 Å². The van der Waals surface area contributed by atoms with Crippen LogP contribution in [0.25, 0.3) is 0 Å². The van der Waals surface area contributed by atoms with Gasteiger partial charge in [0.15, 0.2) is 0 Å². The van der Waals surface area contributed by atoms with Gasteiger partial charge in [0.1, 0.15) is 0 Å². The minimum atomic E-state index is -3.19. The summed E-state index contributed by atoms with van der Waals surface area (Å²) in [4.78, 5) is 31.3. The van der Waals surface area contributed by atoms with Crippen molar-refractivity contribution >= 4 is 47.5 Å². The van der Waals surface area contributed by atoms with Gasteiger partial charge in [-0.3, -0.25) is 14.4 Å². The maximum Gasteiger partial charge on any atom is 0.335 e. The van der Waals surface area contributed by atoms with Crippen LogP contribution in [0.4, 0.5) is 0 Å². The molecule has 7 nitrogen and oxygen atoms in total. The summed E-state index contributed by atoms with van der Waals surface area (Å²) in [6, 6.07) is 0. The molecule has 14 heavy (non-hydrogen) atoms. The van der Waals surface area contributed by atoms with Crippen molar-refractivity contribution in [3.05, 3.63) is 0 Å². The summed E-state index contributed by atoms with van der Waals surface area (Å²) in [7, 11) is 0. The van der Waals surface area contributed by atoms with Crippen molar-refractivity contribution < 1.29 is 34.8 Å². The molecule has 0 amide bonds. The molecule has 75 valence electrons. The first-order valence-electron chi connectivity index (χ1n) is 3.16. The van der Waals surface area contributed by atoms with E-state index in [2.05, 4.69) is 0 Å². The third-order valence-electron chi connectivity index (χ3n) is 1.64. The molecule has 0 aromatic rings. The molecule has 8 heteroatoms. The summed E-state index contributed by atoms with van der Waals surface area (Å²) in [5.74, 6) is -6.33. The molecule has 0 aliphatic carbocycles. The van der Waals surface area contributed by atoms with Crippen LogP contribution >= 0.6 is 0 Å². The molecule has 0 aliphatic heterocycles. The molecule has 0 heterocycles. The minimum Gasteiger partial charge on any atom is -0.480 e. The summed E-state index contributed by atoms with van der Waals surface area (Å²) >= 11 is 0. The number of carboxylic acid groups (broad SMARTS) is 3. The predicted octanol–water partition coefficient (Wildman–Crippen LogP) is -1.77. The fourth-order valence-corrected chi connectivity index (χ4v) is 0.811. The molecule has 0 saturated carbocycles. The molecule has 0 aliphatic rings. The second-order valence-electron chi connectivity index (χ2n) is 2.40. The summed E-state index contributed by atoms with van der Waals surface area (Å²) < 4.78 is 0. The fraction of sp³-hybridized carbons (Fsp3) is 0.500. The summed E-state index contributed by atoms with van der Waals surface area (Å²) in [6.07, 6.45) is -2.03. The third-order valence-corrected chi connectivity index (χ3v) is 1.64. The summed E-state index contributed by atoms with van der Waals surface area (Å²) in [6.45, 7) is 0.788. The maximum absolute atomic E-state index is 10.4. The van der Waals surface area contributed by atoms with E-state index in [0.717, 1.165) is 6.92 Å². The van der Waals surface area contributed by atoms with Crippen molar-refractivity contribution in [2.75, 3.05) is 0 Å². The number of hydrogen-bond donors (Lipinski definition) is 4. The minimum absolute atomic E-state index is 0. The van der Waals surface area contributed by atoms with Gasteiger partial charge in [-0.25, -0.2) is 0 Å². The van der Waals surface area contributed by atoms with Gasteiger partial charge in [0.05, 0.1) is 6.10 Å². The maximum atomic E-state index is 10.4. The summed E-state index contributed by atoms with van der Waals surface area (Å²) in [5, 5.41) is 34.1. The standard InChI is InChI=1S/C6H8O7.Na/c1-2(7)6(3(8)9,4(10)11)5(12)13;/h2,7H,1H3,(H,8,9)(H,10,11)(H,12,13);. The first-order valence-corrected chi connectivity index (χ1v) is 3.16. The largest absolute Gasteiger partial charge is 0.480 e. The molecule has 0 bridgehead atoms. The quantitative estimate of drug-likeness (QED) is 0.322. The van der Waals surface area contributed by atoms with Gasteiger partial charge >= 0.3 is 17.9 Å². The number of aliphatic hydroxyl groups is 1. The predicted molar refractivity (Wildman–Crippen MR) is 42.8 cm³/mol. The number of aliphatic hydroxyl groups excluding tert-OH is 1. The summed E-state index contributed by atoms with van der Waals surface area (Å²) in [5.41, 5.74) is -3.19. The van der Waals surface area contributed by atoms with Crippen LogP contribution in [0.5, 0.6) is 0 Å². The average molecular weight is 215 g/mol. The molecule has 0 rings (SSSR count). The Morgan fingerprint density at radius 1 is 1.00 bits per heavy atom. The van der Waals surface area contributed by atoms with Crippen LogP contribution in [0.15, 0.2) is 0 Å². The van der Waals surface area contributed by atoms with Gasteiger partial charge in [-0.1, -0.05) is 0 Å². The molecule has 0 spiro atoms. The van der Waals surface area contributed by atoms with E-state index in [1.165, 1.54) is 0 Å². The third kappa shape index (κ3) is 2.24. The van der Waals surface area contributed by atoms with E-state index in [1.807, 2.05) is 0 Å². The number of carbonyl (C=O) groups is 3. The van der Waals surface area contributed by atoms with Gasteiger partial charge in [0, 0.05) is 29.6 Å². The van der Waals surface area contributed by atoms with E-state index in [-0.39, 0.29) is 29.6 Å². The van der Waals surface area contributed by atoms with Gasteiger partial charge in [0.25, 0.3) is 5.41 Å². The molecule has 0 fully saturated rings. The van der Waals surface area contributed by atoms with Crippen LogP contribution in [0.3, 0.4) is 0 Å². The Kier molecular flexibility index (Phi) is 5.99. The molecule has 1 radical (unpaired) electrons. The molecular formula is C6H8NaO7. The van der Waals surface area contributed by atoms with E-state index in [0.29, 0.717) is 0 Å². The number of carboxylic acids is 3. The zero-order valence-electron chi connectivity index (χ0n) is 7.59. The van der Waals surface area contributed by atoms with Gasteiger partial charge in [-0.2, -0.15) is 0 Å². The van der Waals surface area contributed by atoms with Crippen LogP contribution in [-0.4, -0.2) is 74.0 Å². The first-order chi connectivity index (χ1) is 5.77. The van der Waals surface area contributed by atoms with Crippen molar-refractivity contribution in [1.29, 1.82) is 0 Å². The Morgan fingerprint density at radius 2 is 1.21 bits per heavy atom. The topological polar surface area (TPSA) is 132 Å².